The lowest BCUT2D eigenvalue weighted by Crippen LogP contribution is -2.35. The molecule has 0 aromatic rings. The Hall–Kier alpha value is -0.0800. The van der Waals surface area contributed by atoms with E-state index in [1.165, 1.54) is 51.6 Å². The van der Waals surface area contributed by atoms with E-state index in [0.717, 1.165) is 8.97 Å². The van der Waals surface area contributed by atoms with Gasteiger partial charge in [0, 0.05) is 0 Å². The minimum absolute atomic E-state index is 1.11. The van der Waals surface area contributed by atoms with Crippen LogP contribution in [0.25, 0.3) is 0 Å². The molecule has 0 saturated carbocycles. The number of quaternary nitrogens is 2. The summed E-state index contributed by atoms with van der Waals surface area (Å²) in [4.78, 5) is 0. The van der Waals surface area contributed by atoms with Gasteiger partial charge in [0.25, 0.3) is 0 Å². The maximum Gasteiger partial charge on any atom is 0.0780 e. The van der Waals surface area contributed by atoms with E-state index < -0.39 is 0 Å². The van der Waals surface area contributed by atoms with Crippen molar-refractivity contribution in [3.63, 3.8) is 0 Å². The Morgan fingerprint density at radius 3 is 0.938 bits per heavy atom. The van der Waals surface area contributed by atoms with E-state index in [-0.39, 0.29) is 0 Å². The van der Waals surface area contributed by atoms with Crippen LogP contribution in [0.4, 0.5) is 0 Å². The first-order chi connectivity index (χ1) is 7.21. The topological polar surface area (TPSA) is 0 Å². The highest BCUT2D eigenvalue weighted by molar-refractivity contribution is 4.45. The highest BCUT2D eigenvalue weighted by Gasteiger charge is 2.06. The molecule has 0 unspecified atom stereocenters. The molecule has 0 saturated heterocycles. The number of unbranched alkanes of at least 4 members (excludes halogenated alkanes) is 5. The number of hydrogen-bond donors (Lipinski definition) is 0. The second-order valence-electron chi connectivity index (χ2n) is 7.15. The van der Waals surface area contributed by atoms with Gasteiger partial charge < -0.3 is 8.97 Å². The molecular formula is C14H34N2+2. The van der Waals surface area contributed by atoms with Crippen molar-refractivity contribution >= 4 is 0 Å². The zero-order valence-corrected chi connectivity index (χ0v) is 12.6. The predicted molar refractivity (Wildman–Crippen MR) is 73.5 cm³/mol. The van der Waals surface area contributed by atoms with Crippen LogP contribution < -0.4 is 0 Å². The van der Waals surface area contributed by atoms with Gasteiger partial charge in [0.15, 0.2) is 0 Å². The summed E-state index contributed by atoms with van der Waals surface area (Å²) in [7, 11) is 13.7. The van der Waals surface area contributed by atoms with Crippen LogP contribution in [0.3, 0.4) is 0 Å². The van der Waals surface area contributed by atoms with Crippen LogP contribution in [0.2, 0.25) is 0 Å². The summed E-state index contributed by atoms with van der Waals surface area (Å²) in [6.07, 6.45) is 8.46. The third-order valence-corrected chi connectivity index (χ3v) is 2.91. The lowest BCUT2D eigenvalue weighted by molar-refractivity contribution is -0.870. The van der Waals surface area contributed by atoms with Crippen LogP contribution in [0.5, 0.6) is 0 Å². The highest BCUT2D eigenvalue weighted by atomic mass is 15.3. The normalized spacial score (nSPS) is 13.1. The van der Waals surface area contributed by atoms with Crippen molar-refractivity contribution in [2.24, 2.45) is 0 Å². The third-order valence-electron chi connectivity index (χ3n) is 2.91. The first-order valence-electron chi connectivity index (χ1n) is 6.82. The van der Waals surface area contributed by atoms with Gasteiger partial charge >= 0.3 is 0 Å². The average molecular weight is 230 g/mol. The van der Waals surface area contributed by atoms with Crippen LogP contribution in [-0.2, 0) is 0 Å². The standard InChI is InChI=1S/C14H34N2/c1-15(2,3)13-11-9-7-8-10-12-14-16(4,5)6/h7-14H2,1-6H3/q+2. The Bertz CT molecular complexity index is 143. The van der Waals surface area contributed by atoms with Gasteiger partial charge in [0.1, 0.15) is 0 Å². The lowest BCUT2D eigenvalue weighted by atomic mass is 10.1. The summed E-state index contributed by atoms with van der Waals surface area (Å²) in [5.74, 6) is 0. The molecule has 0 amide bonds. The molecule has 0 aliphatic heterocycles. The van der Waals surface area contributed by atoms with Gasteiger partial charge in [0.2, 0.25) is 0 Å². The van der Waals surface area contributed by atoms with E-state index in [4.69, 9.17) is 0 Å². The fraction of sp³-hybridized carbons (Fsp3) is 1.00. The van der Waals surface area contributed by atoms with E-state index in [0.29, 0.717) is 0 Å². The SMILES string of the molecule is C[N+](C)(C)CCCCCCCC[N+](C)(C)C. The Morgan fingerprint density at radius 2 is 0.688 bits per heavy atom. The molecule has 16 heavy (non-hydrogen) atoms. The lowest BCUT2D eigenvalue weighted by Gasteiger charge is -2.24. The van der Waals surface area contributed by atoms with Crippen LogP contribution in [0.15, 0.2) is 0 Å². The number of nitrogens with zero attached hydrogens (tertiary/aromatic N) is 2. The molecule has 2 heteroatoms. The third kappa shape index (κ3) is 13.9. The summed E-state index contributed by atoms with van der Waals surface area (Å²) in [6, 6.07) is 0. The predicted octanol–water partition coefficient (Wildman–Crippen LogP) is 2.74. The molecule has 0 atom stereocenters. The fourth-order valence-corrected chi connectivity index (χ4v) is 1.88. The Kier molecular flexibility index (Phi) is 7.25. The summed E-state index contributed by atoms with van der Waals surface area (Å²) in [5.41, 5.74) is 0. The number of rotatable bonds is 9. The molecule has 0 fully saturated rings. The monoisotopic (exact) mass is 230 g/mol. The molecule has 0 aromatic carbocycles. The summed E-state index contributed by atoms with van der Waals surface area (Å²) in [5, 5.41) is 0. The van der Waals surface area contributed by atoms with Crippen LogP contribution in [0.1, 0.15) is 38.5 Å². The maximum atomic E-state index is 2.28. The molecule has 0 heterocycles. The van der Waals surface area contributed by atoms with Crippen molar-refractivity contribution in [2.45, 2.75) is 38.5 Å². The molecule has 0 radical (unpaired) electrons. The van der Waals surface area contributed by atoms with Gasteiger partial charge in [-0.15, -0.1) is 0 Å². The second-order valence-corrected chi connectivity index (χ2v) is 7.15. The first-order valence-corrected chi connectivity index (χ1v) is 6.82. The zero-order chi connectivity index (χ0) is 12.7. The van der Waals surface area contributed by atoms with Crippen molar-refractivity contribution in [1.82, 2.24) is 0 Å². The molecule has 2 nitrogen and oxygen atoms in total. The van der Waals surface area contributed by atoms with Crippen molar-refractivity contribution in [3.8, 4) is 0 Å². The first kappa shape index (κ1) is 15.9. The molecular weight excluding hydrogens is 196 g/mol. The van der Waals surface area contributed by atoms with E-state index >= 15 is 0 Å². The zero-order valence-electron chi connectivity index (χ0n) is 12.6. The molecule has 0 bridgehead atoms. The van der Waals surface area contributed by atoms with Gasteiger partial charge in [-0.05, 0) is 25.7 Å². The van der Waals surface area contributed by atoms with Gasteiger partial charge in [0.05, 0.1) is 55.4 Å². The van der Waals surface area contributed by atoms with Gasteiger partial charge in [-0.1, -0.05) is 12.8 Å². The molecule has 0 rings (SSSR count). The molecule has 0 aliphatic rings. The van der Waals surface area contributed by atoms with E-state index in [2.05, 4.69) is 42.3 Å². The largest absolute Gasteiger partial charge is 0.331 e. The van der Waals surface area contributed by atoms with Crippen LogP contribution >= 0.6 is 0 Å². The quantitative estimate of drug-likeness (QED) is 0.422. The average Bonchev–Trinajstić information content (AvgIpc) is 2.06. The van der Waals surface area contributed by atoms with Gasteiger partial charge in [-0.2, -0.15) is 0 Å². The van der Waals surface area contributed by atoms with Crippen molar-refractivity contribution in [3.05, 3.63) is 0 Å². The van der Waals surface area contributed by atoms with E-state index in [9.17, 15) is 0 Å². The summed E-state index contributed by atoms with van der Waals surface area (Å²) in [6.45, 7) is 2.64. The smallest absolute Gasteiger partial charge is 0.0780 e. The van der Waals surface area contributed by atoms with Crippen molar-refractivity contribution in [2.75, 3.05) is 55.4 Å². The number of hydrogen-bond acceptors (Lipinski definition) is 0. The Morgan fingerprint density at radius 1 is 0.438 bits per heavy atom. The molecule has 0 N–H and O–H groups in total. The van der Waals surface area contributed by atoms with Gasteiger partial charge in [-0.3, -0.25) is 0 Å². The minimum atomic E-state index is 1.11. The van der Waals surface area contributed by atoms with Crippen LogP contribution in [-0.4, -0.2) is 64.3 Å². The summed E-state index contributed by atoms with van der Waals surface area (Å²) >= 11 is 0. The van der Waals surface area contributed by atoms with Crippen molar-refractivity contribution in [1.29, 1.82) is 0 Å². The second kappa shape index (κ2) is 7.29. The Labute approximate surface area is 103 Å². The molecule has 0 aromatic heterocycles. The molecule has 0 spiro atoms. The van der Waals surface area contributed by atoms with E-state index in [1.807, 2.05) is 0 Å². The highest BCUT2D eigenvalue weighted by Crippen LogP contribution is 2.08. The Balaban J connectivity index is 3.17. The molecule has 98 valence electrons. The van der Waals surface area contributed by atoms with E-state index in [1.54, 1.807) is 0 Å². The van der Waals surface area contributed by atoms with Crippen molar-refractivity contribution < 1.29 is 8.97 Å². The summed E-state index contributed by atoms with van der Waals surface area (Å²) < 4.78 is 2.23. The fourth-order valence-electron chi connectivity index (χ4n) is 1.88. The molecule has 0 aliphatic carbocycles. The van der Waals surface area contributed by atoms with Crippen LogP contribution in [0, 0.1) is 0 Å². The van der Waals surface area contributed by atoms with Gasteiger partial charge in [-0.25, -0.2) is 0 Å². The maximum absolute atomic E-state index is 2.28. The minimum Gasteiger partial charge on any atom is -0.331 e.